The Morgan fingerprint density at radius 1 is 1.45 bits per heavy atom. The van der Waals surface area contributed by atoms with Crippen molar-refractivity contribution >= 4 is 5.95 Å². The highest BCUT2D eigenvalue weighted by Gasteiger charge is 2.19. The first-order valence-electron chi connectivity index (χ1n) is 7.95. The molecule has 1 aromatic heterocycles. The van der Waals surface area contributed by atoms with Gasteiger partial charge < -0.3 is 14.6 Å². The van der Waals surface area contributed by atoms with E-state index in [2.05, 4.69) is 34.9 Å². The molecule has 4 heteroatoms. The van der Waals surface area contributed by atoms with E-state index in [0.29, 0.717) is 6.61 Å². The topological polar surface area (TPSA) is 39.1 Å². The predicted octanol–water partition coefficient (Wildman–Crippen LogP) is 3.47. The monoisotopic (exact) mass is 279 g/mol. The predicted molar refractivity (Wildman–Crippen MR) is 83.1 cm³/mol. The molecule has 1 aromatic rings. The fourth-order valence-corrected chi connectivity index (χ4v) is 3.27. The maximum atomic E-state index is 5.08. The van der Waals surface area contributed by atoms with Crippen LogP contribution in [0.3, 0.4) is 0 Å². The minimum atomic E-state index is 0.714. The number of nitrogens with one attached hydrogen (secondary N) is 1. The minimum absolute atomic E-state index is 0.714. The van der Waals surface area contributed by atoms with Gasteiger partial charge in [0.25, 0.3) is 0 Å². The number of hydrogen-bond acceptors (Lipinski definition) is 3. The molecule has 1 fully saturated rings. The summed E-state index contributed by atoms with van der Waals surface area (Å²) < 4.78 is 7.35. The Morgan fingerprint density at radius 2 is 2.30 bits per heavy atom. The first-order valence-corrected chi connectivity index (χ1v) is 7.95. The minimum Gasteiger partial charge on any atom is -0.383 e. The molecule has 0 radical (unpaired) electrons. The summed E-state index contributed by atoms with van der Waals surface area (Å²) in [5.74, 6) is 2.80. The molecule has 0 amide bonds. The number of aromatic nitrogens is 2. The molecule has 1 saturated carbocycles. The van der Waals surface area contributed by atoms with Gasteiger partial charge in [0.2, 0.25) is 5.95 Å². The molecule has 0 bridgehead atoms. The van der Waals surface area contributed by atoms with E-state index >= 15 is 0 Å². The molecule has 2 atom stereocenters. The number of anilines is 1. The molecule has 0 aliphatic heterocycles. The zero-order chi connectivity index (χ0) is 14.4. The van der Waals surface area contributed by atoms with Gasteiger partial charge >= 0.3 is 0 Å². The Morgan fingerprint density at radius 3 is 3.05 bits per heavy atom. The van der Waals surface area contributed by atoms with Crippen LogP contribution in [0.5, 0.6) is 0 Å². The van der Waals surface area contributed by atoms with E-state index in [9.17, 15) is 0 Å². The Labute approximate surface area is 122 Å². The maximum absolute atomic E-state index is 5.08. The summed E-state index contributed by atoms with van der Waals surface area (Å²) in [6, 6.07) is 0. The van der Waals surface area contributed by atoms with Crippen molar-refractivity contribution in [2.75, 3.05) is 25.6 Å². The lowest BCUT2D eigenvalue weighted by molar-refractivity contribution is 0.210. The third-order valence-corrected chi connectivity index (χ3v) is 4.31. The number of ether oxygens (including phenoxy) is 1. The van der Waals surface area contributed by atoms with Gasteiger partial charge in [0.15, 0.2) is 0 Å². The van der Waals surface area contributed by atoms with Crippen molar-refractivity contribution in [3.63, 3.8) is 0 Å². The summed E-state index contributed by atoms with van der Waals surface area (Å²) in [4.78, 5) is 4.56. The van der Waals surface area contributed by atoms with Gasteiger partial charge in [0.1, 0.15) is 0 Å². The van der Waals surface area contributed by atoms with E-state index in [4.69, 9.17) is 4.74 Å². The lowest BCUT2D eigenvalue weighted by Crippen LogP contribution is -2.17. The van der Waals surface area contributed by atoms with Crippen LogP contribution in [-0.4, -0.2) is 29.8 Å². The molecule has 4 nitrogen and oxygen atoms in total. The number of imidazole rings is 1. The molecule has 0 saturated heterocycles. The van der Waals surface area contributed by atoms with Crippen LogP contribution in [0.15, 0.2) is 6.20 Å². The zero-order valence-electron chi connectivity index (χ0n) is 13.2. The summed E-state index contributed by atoms with van der Waals surface area (Å²) in [6.07, 6.45) is 9.07. The van der Waals surface area contributed by atoms with Gasteiger partial charge in [-0.3, -0.25) is 0 Å². The lowest BCUT2D eigenvalue weighted by atomic mass is 9.81. The summed E-state index contributed by atoms with van der Waals surface area (Å²) in [6.45, 7) is 7.05. The van der Waals surface area contributed by atoms with Gasteiger partial charge in [-0.05, 0) is 31.6 Å². The Hall–Kier alpha value is -1.03. The Bertz CT molecular complexity index is 402. The van der Waals surface area contributed by atoms with Gasteiger partial charge in [-0.2, -0.15) is 0 Å². The normalized spacial score (nSPS) is 22.9. The molecule has 2 unspecified atom stereocenters. The van der Waals surface area contributed by atoms with E-state index in [1.807, 2.05) is 0 Å². The van der Waals surface area contributed by atoms with Crippen molar-refractivity contribution in [3.8, 4) is 0 Å². The molecule has 1 aliphatic rings. The maximum Gasteiger partial charge on any atom is 0.203 e. The van der Waals surface area contributed by atoms with Crippen LogP contribution in [0, 0.1) is 18.8 Å². The Balaban J connectivity index is 1.84. The first-order chi connectivity index (χ1) is 9.69. The van der Waals surface area contributed by atoms with Crippen LogP contribution in [0.25, 0.3) is 0 Å². The van der Waals surface area contributed by atoms with Gasteiger partial charge in [-0.25, -0.2) is 4.98 Å². The van der Waals surface area contributed by atoms with Crippen molar-refractivity contribution in [1.29, 1.82) is 0 Å². The van der Waals surface area contributed by atoms with Crippen molar-refractivity contribution in [2.24, 2.45) is 11.8 Å². The highest BCUT2D eigenvalue weighted by molar-refractivity contribution is 5.28. The molecular formula is C16H29N3O. The summed E-state index contributed by atoms with van der Waals surface area (Å²) >= 11 is 0. The highest BCUT2D eigenvalue weighted by Crippen LogP contribution is 2.31. The largest absolute Gasteiger partial charge is 0.383 e. The second kappa shape index (κ2) is 7.67. The Kier molecular flexibility index (Phi) is 5.89. The second-order valence-electron chi connectivity index (χ2n) is 6.25. The molecule has 1 N–H and O–H groups in total. The van der Waals surface area contributed by atoms with E-state index in [-0.39, 0.29) is 0 Å². The van der Waals surface area contributed by atoms with Crippen LogP contribution >= 0.6 is 0 Å². The standard InChI is InChI=1S/C16H29N3O/c1-13-5-4-6-15(11-13)7-9-19-12-14(2)18-16(19)17-8-10-20-3/h12-13,15H,4-11H2,1-3H3,(H,17,18). The summed E-state index contributed by atoms with van der Waals surface area (Å²) in [5, 5.41) is 3.36. The molecule has 0 aromatic carbocycles. The molecule has 20 heavy (non-hydrogen) atoms. The zero-order valence-corrected chi connectivity index (χ0v) is 13.2. The van der Waals surface area contributed by atoms with Crippen LogP contribution in [0.2, 0.25) is 0 Å². The van der Waals surface area contributed by atoms with Crippen LogP contribution in [0.1, 0.15) is 44.7 Å². The average molecular weight is 279 g/mol. The number of aryl methyl sites for hydroxylation is 2. The summed E-state index contributed by atoms with van der Waals surface area (Å²) in [7, 11) is 1.73. The fourth-order valence-electron chi connectivity index (χ4n) is 3.27. The molecule has 0 spiro atoms. The molecular weight excluding hydrogens is 250 g/mol. The van der Waals surface area contributed by atoms with E-state index in [0.717, 1.165) is 36.6 Å². The number of rotatable bonds is 7. The third-order valence-electron chi connectivity index (χ3n) is 4.31. The number of methoxy groups -OCH3 is 1. The summed E-state index contributed by atoms with van der Waals surface area (Å²) in [5.41, 5.74) is 1.09. The quantitative estimate of drug-likeness (QED) is 0.777. The van der Waals surface area contributed by atoms with Crippen molar-refractivity contribution in [1.82, 2.24) is 9.55 Å². The molecule has 2 rings (SSSR count). The van der Waals surface area contributed by atoms with Crippen molar-refractivity contribution in [2.45, 2.75) is 52.5 Å². The van der Waals surface area contributed by atoms with Crippen LogP contribution in [-0.2, 0) is 11.3 Å². The smallest absolute Gasteiger partial charge is 0.203 e. The van der Waals surface area contributed by atoms with Gasteiger partial charge in [-0.1, -0.05) is 26.2 Å². The second-order valence-corrected chi connectivity index (χ2v) is 6.25. The lowest BCUT2D eigenvalue weighted by Gasteiger charge is -2.26. The third kappa shape index (κ3) is 4.51. The van der Waals surface area contributed by atoms with Crippen LogP contribution in [0.4, 0.5) is 5.95 Å². The molecule has 1 heterocycles. The van der Waals surface area contributed by atoms with Gasteiger partial charge in [0, 0.05) is 26.4 Å². The van der Waals surface area contributed by atoms with E-state index < -0.39 is 0 Å². The molecule has 114 valence electrons. The fraction of sp³-hybridized carbons (Fsp3) is 0.812. The molecule has 1 aliphatic carbocycles. The van der Waals surface area contributed by atoms with Crippen molar-refractivity contribution < 1.29 is 4.74 Å². The first kappa shape index (κ1) is 15.4. The van der Waals surface area contributed by atoms with Crippen molar-refractivity contribution in [3.05, 3.63) is 11.9 Å². The van der Waals surface area contributed by atoms with Crippen LogP contribution < -0.4 is 5.32 Å². The number of nitrogens with zero attached hydrogens (tertiary/aromatic N) is 2. The highest BCUT2D eigenvalue weighted by atomic mass is 16.5. The van der Waals surface area contributed by atoms with E-state index in [1.165, 1.54) is 32.1 Å². The van der Waals surface area contributed by atoms with E-state index in [1.54, 1.807) is 7.11 Å². The SMILES string of the molecule is COCCNc1nc(C)cn1CCC1CCCC(C)C1. The number of hydrogen-bond donors (Lipinski definition) is 1. The van der Waals surface area contributed by atoms with Gasteiger partial charge in [0.05, 0.1) is 12.3 Å². The van der Waals surface area contributed by atoms with Gasteiger partial charge in [-0.15, -0.1) is 0 Å². The average Bonchev–Trinajstić information content (AvgIpc) is 2.77.